The predicted molar refractivity (Wildman–Crippen MR) is 13.9 cm³/mol. The zero-order valence-electron chi connectivity index (χ0n) is 2.42. The summed E-state index contributed by atoms with van der Waals surface area (Å²) in [4.78, 5) is 0. The van der Waals surface area contributed by atoms with Crippen molar-refractivity contribution < 1.29 is 11.4 Å². The molecule has 30 valence electrons. The van der Waals surface area contributed by atoms with Crippen molar-refractivity contribution >= 4 is 15.1 Å². The lowest BCUT2D eigenvalue weighted by atomic mass is 11.8. The molecule has 0 rings (SSSR count). The van der Waals surface area contributed by atoms with Crippen LogP contribution < -0.4 is 0 Å². The van der Waals surface area contributed by atoms with E-state index < -0.39 is 20.6 Å². The van der Waals surface area contributed by atoms with E-state index in [1.54, 1.807) is 0 Å². The zero-order valence-corrected chi connectivity index (χ0v) is 3.57. The van der Waals surface area contributed by atoms with Gasteiger partial charge in [-0.3, -0.25) is 4.39 Å². The summed E-state index contributed by atoms with van der Waals surface area (Å²) in [5, 5.41) is 0. The molecule has 0 aromatic carbocycles. The second-order valence-electron chi connectivity index (χ2n) is 0.545. The van der Waals surface area contributed by atoms with Crippen LogP contribution in [0.4, 0.5) is 11.4 Å². The number of hydrogen-bond donors (Lipinski definition) is 0. The van der Waals surface area contributed by atoms with E-state index >= 15 is 0 Å². The Hall–Kier alpha value is 0.322. The highest BCUT2D eigenvalue weighted by atomic mass is 27.3. The monoisotopic (exact) mass is 98.0 g/mol. The molecule has 0 saturated carbocycles. The van der Waals surface area contributed by atoms with Crippen molar-refractivity contribution in [2.24, 2.45) is 0 Å². The lowest BCUT2D eigenvalue weighted by Gasteiger charge is -1.67. The maximum atomic E-state index is 10.5. The van der Waals surface area contributed by atoms with Crippen molar-refractivity contribution in [1.29, 1.82) is 0 Å². The molecule has 0 bridgehead atoms. The van der Waals surface area contributed by atoms with Crippen molar-refractivity contribution in [3.8, 4) is 0 Å². The van der Waals surface area contributed by atoms with E-state index in [-0.39, 0.29) is 0 Å². The van der Waals surface area contributed by atoms with Gasteiger partial charge in [0.2, 0.25) is 0 Å². The van der Waals surface area contributed by atoms with Gasteiger partial charge in [0.1, 0.15) is 5.54 Å². The van der Waals surface area contributed by atoms with Crippen LogP contribution in [0.25, 0.3) is 0 Å². The third kappa shape index (κ3) is 4.32. The van der Waals surface area contributed by atoms with Crippen molar-refractivity contribution in [2.45, 2.75) is 0 Å². The Bertz CT molecular complexity index is 20.9. The minimum Gasteiger partial charge on any atom is -0.373 e. The first-order valence-electron chi connectivity index (χ1n) is 1.11. The molecule has 0 saturated heterocycles. The standard InChI is InChI=1S/CH2F.Al.2FH/c1-2;;;/h1H2;;2*1H/q;+2;;/p-2. The van der Waals surface area contributed by atoms with Crippen LogP contribution in [0.2, 0.25) is 0 Å². The maximum Gasteiger partial charge on any atom is 0.792 e. The Morgan fingerprint density at radius 2 is 1.60 bits per heavy atom. The highest BCUT2D eigenvalue weighted by Crippen LogP contribution is 1.82. The normalized spacial score (nSPS) is 7.80. The van der Waals surface area contributed by atoms with Crippen molar-refractivity contribution in [3.05, 3.63) is 0 Å². The lowest BCUT2D eigenvalue weighted by molar-refractivity contribution is 0.518. The Balaban J connectivity index is 2.54. The molecule has 5 heavy (non-hydrogen) atoms. The highest BCUT2D eigenvalue weighted by molar-refractivity contribution is 6.42. The van der Waals surface area contributed by atoms with Gasteiger partial charge in [-0.15, -0.1) is 0 Å². The SMILES string of the molecule is F[CH2][Al]([F])[F]. The summed E-state index contributed by atoms with van der Waals surface area (Å²) in [6.07, 6.45) is 0. The zero-order chi connectivity index (χ0) is 4.28. The van der Waals surface area contributed by atoms with Gasteiger partial charge in [0.05, 0.1) is 0 Å². The van der Waals surface area contributed by atoms with E-state index in [4.69, 9.17) is 0 Å². The van der Waals surface area contributed by atoms with Crippen LogP contribution in [-0.2, 0) is 0 Å². The maximum absolute atomic E-state index is 10.5. The van der Waals surface area contributed by atoms with Crippen LogP contribution in [0.15, 0.2) is 0 Å². The fraction of sp³-hybridized carbons (Fsp3) is 1.00. The second-order valence-corrected chi connectivity index (χ2v) is 1.64. The lowest BCUT2D eigenvalue weighted by Crippen LogP contribution is -1.96. The van der Waals surface area contributed by atoms with Crippen LogP contribution in [0.5, 0.6) is 0 Å². The Kier molecular flexibility index (Phi) is 2.72. The second kappa shape index (κ2) is 2.55. The van der Waals surface area contributed by atoms with Gasteiger partial charge in [-0.1, -0.05) is 0 Å². The average molecular weight is 98.0 g/mol. The summed E-state index contributed by atoms with van der Waals surface area (Å²) >= 11 is -3.82. The molecule has 4 heteroatoms. The molecule has 0 spiro atoms. The fourth-order valence-electron chi connectivity index (χ4n) is 0. The molecule has 0 nitrogen and oxygen atoms in total. The van der Waals surface area contributed by atoms with Crippen LogP contribution in [0.3, 0.4) is 0 Å². The molecular formula is CH2AlF3. The smallest absolute Gasteiger partial charge is 0.373 e. The van der Waals surface area contributed by atoms with E-state index in [2.05, 4.69) is 0 Å². The summed E-state index contributed by atoms with van der Waals surface area (Å²) in [5.74, 6) is 0. The third-order valence-electron chi connectivity index (χ3n) is 0.117. The first kappa shape index (κ1) is 5.32. The third-order valence-corrected chi connectivity index (χ3v) is 0.350. The molecule has 0 aliphatic rings. The molecule has 0 aliphatic carbocycles. The summed E-state index contributed by atoms with van der Waals surface area (Å²) in [5.41, 5.74) is -1.39. The number of hydrogen-bond acceptors (Lipinski definition) is 0. The molecule has 0 unspecified atom stereocenters. The molecule has 0 atom stereocenters. The molecule has 0 aromatic rings. The minimum atomic E-state index is -3.82. The van der Waals surface area contributed by atoms with Gasteiger partial charge in [0.25, 0.3) is 0 Å². The van der Waals surface area contributed by atoms with Gasteiger partial charge in [0, 0.05) is 0 Å². The first-order chi connectivity index (χ1) is 2.27. The van der Waals surface area contributed by atoms with Gasteiger partial charge in [-0.25, -0.2) is 0 Å². The van der Waals surface area contributed by atoms with E-state index in [1.165, 1.54) is 0 Å². The molecule has 0 N–H and O–H groups in total. The van der Waals surface area contributed by atoms with E-state index in [1.807, 2.05) is 0 Å². The molecular weight excluding hydrogens is 96.0 g/mol. The van der Waals surface area contributed by atoms with Gasteiger partial charge in [-0.2, -0.15) is 0 Å². The Morgan fingerprint density at radius 3 is 1.60 bits per heavy atom. The quantitative estimate of drug-likeness (QED) is 0.428. The molecule has 0 aromatic heterocycles. The van der Waals surface area contributed by atoms with Crippen LogP contribution in [0.1, 0.15) is 0 Å². The first-order valence-corrected chi connectivity index (χ1v) is 2.80. The fourth-order valence-corrected chi connectivity index (χ4v) is 0. The Morgan fingerprint density at radius 1 is 1.40 bits per heavy atom. The molecule has 0 aliphatic heterocycles. The summed E-state index contributed by atoms with van der Waals surface area (Å²) in [7, 11) is 0. The number of alkyl halides is 1. The van der Waals surface area contributed by atoms with E-state index in [0.717, 1.165) is 0 Å². The van der Waals surface area contributed by atoms with Crippen LogP contribution in [0, 0.1) is 0 Å². The van der Waals surface area contributed by atoms with E-state index in [9.17, 15) is 11.4 Å². The average Bonchev–Trinajstić information content (AvgIpc) is 1.38. The van der Waals surface area contributed by atoms with Crippen molar-refractivity contribution in [2.75, 3.05) is 5.54 Å². The van der Waals surface area contributed by atoms with Crippen molar-refractivity contribution in [3.63, 3.8) is 0 Å². The topological polar surface area (TPSA) is 0 Å². The molecule has 0 amide bonds. The summed E-state index contributed by atoms with van der Waals surface area (Å²) in [6, 6.07) is 0. The predicted octanol–water partition coefficient (Wildman–Crippen LogP) is 0.922. The highest BCUT2D eigenvalue weighted by Gasteiger charge is 2.18. The van der Waals surface area contributed by atoms with Gasteiger partial charge in [0.15, 0.2) is 0 Å². The largest absolute Gasteiger partial charge is 0.792 e. The van der Waals surface area contributed by atoms with Gasteiger partial charge >= 0.3 is 15.1 Å². The minimum absolute atomic E-state index is 1.39. The van der Waals surface area contributed by atoms with Gasteiger partial charge in [-0.05, 0) is 0 Å². The van der Waals surface area contributed by atoms with Crippen molar-refractivity contribution in [1.82, 2.24) is 0 Å². The van der Waals surface area contributed by atoms with Crippen LogP contribution in [-0.4, -0.2) is 20.6 Å². The summed E-state index contributed by atoms with van der Waals surface area (Å²) in [6.45, 7) is 0. The van der Waals surface area contributed by atoms with Crippen LogP contribution >= 0.6 is 0 Å². The van der Waals surface area contributed by atoms with E-state index in [0.29, 0.717) is 0 Å². The molecule has 0 radical (unpaired) electrons. The molecule has 0 fully saturated rings. The Labute approximate surface area is 32.9 Å². The number of rotatable bonds is 1. The number of halogens is 3. The molecule has 0 heterocycles. The summed E-state index contributed by atoms with van der Waals surface area (Å²) < 4.78 is 31.5. The van der Waals surface area contributed by atoms with Gasteiger partial charge < -0.3 is 7.05 Å².